The van der Waals surface area contributed by atoms with Crippen LogP contribution >= 0.6 is 0 Å². The molecule has 1 heterocycles. The first-order chi connectivity index (χ1) is 9.15. The number of hydrogen-bond donors (Lipinski definition) is 1. The molecule has 19 heavy (non-hydrogen) atoms. The van der Waals surface area contributed by atoms with Gasteiger partial charge >= 0.3 is 5.97 Å². The Balaban J connectivity index is 2.28. The van der Waals surface area contributed by atoms with Gasteiger partial charge in [0, 0.05) is 13.1 Å². The van der Waals surface area contributed by atoms with Crippen LogP contribution in [0.25, 0.3) is 0 Å². The highest BCUT2D eigenvalue weighted by molar-refractivity contribution is 5.91. The Morgan fingerprint density at radius 1 is 1.42 bits per heavy atom. The van der Waals surface area contributed by atoms with Crippen LogP contribution in [0.15, 0.2) is 12.1 Å². The summed E-state index contributed by atoms with van der Waals surface area (Å²) in [6.45, 7) is 8.65. The molecule has 1 N–H and O–H groups in total. The summed E-state index contributed by atoms with van der Waals surface area (Å²) in [6.07, 6.45) is 0.0729. The van der Waals surface area contributed by atoms with E-state index in [0.29, 0.717) is 12.2 Å². The van der Waals surface area contributed by atoms with Gasteiger partial charge in [0.15, 0.2) is 0 Å². The van der Waals surface area contributed by atoms with E-state index in [1.54, 1.807) is 0 Å². The van der Waals surface area contributed by atoms with Crippen LogP contribution in [-0.2, 0) is 9.47 Å². The largest absolute Gasteiger partial charge is 0.462 e. The summed E-state index contributed by atoms with van der Waals surface area (Å²) in [6, 6.07) is 3.82. The van der Waals surface area contributed by atoms with Crippen LogP contribution in [0.2, 0.25) is 0 Å². The van der Waals surface area contributed by atoms with E-state index in [9.17, 15) is 4.79 Å². The quantitative estimate of drug-likeness (QED) is 0.849. The predicted octanol–water partition coefficient (Wildman–Crippen LogP) is 2.14. The number of rotatable bonds is 3. The van der Waals surface area contributed by atoms with Gasteiger partial charge in [0.05, 0.1) is 24.9 Å². The number of benzene rings is 1. The van der Waals surface area contributed by atoms with Gasteiger partial charge in [-0.3, -0.25) is 0 Å². The Hall–Kier alpha value is -1.39. The summed E-state index contributed by atoms with van der Waals surface area (Å²) >= 11 is 0. The summed E-state index contributed by atoms with van der Waals surface area (Å²) in [7, 11) is 0. The van der Waals surface area contributed by atoms with Crippen molar-refractivity contribution in [3.05, 3.63) is 34.4 Å². The van der Waals surface area contributed by atoms with E-state index in [0.717, 1.165) is 36.4 Å². The Labute approximate surface area is 114 Å². The maximum atomic E-state index is 11.8. The molecule has 0 aliphatic carbocycles. The lowest BCUT2D eigenvalue weighted by atomic mass is 9.94. The fourth-order valence-electron chi connectivity index (χ4n) is 2.39. The molecule has 0 aromatic heterocycles. The normalized spacial score (nSPS) is 19.2. The maximum Gasteiger partial charge on any atom is 0.338 e. The Morgan fingerprint density at radius 3 is 2.84 bits per heavy atom. The molecule has 1 aliphatic heterocycles. The molecular weight excluding hydrogens is 242 g/mol. The number of carbonyl (C=O) groups is 1. The minimum absolute atomic E-state index is 0.0729. The molecule has 2 rings (SSSR count). The predicted molar refractivity (Wildman–Crippen MR) is 73.4 cm³/mol. The van der Waals surface area contributed by atoms with Crippen molar-refractivity contribution in [1.29, 1.82) is 0 Å². The summed E-state index contributed by atoms with van der Waals surface area (Å²) in [5.74, 6) is -0.252. The van der Waals surface area contributed by atoms with Crippen LogP contribution < -0.4 is 5.32 Å². The zero-order valence-corrected chi connectivity index (χ0v) is 11.8. The number of morpholine rings is 1. The van der Waals surface area contributed by atoms with E-state index in [1.807, 2.05) is 32.9 Å². The van der Waals surface area contributed by atoms with Gasteiger partial charge in [-0.2, -0.15) is 0 Å². The third-order valence-corrected chi connectivity index (χ3v) is 3.60. The summed E-state index contributed by atoms with van der Waals surface area (Å²) < 4.78 is 10.8. The summed E-state index contributed by atoms with van der Waals surface area (Å²) in [4.78, 5) is 11.8. The van der Waals surface area contributed by atoms with Crippen LogP contribution in [0.5, 0.6) is 0 Å². The van der Waals surface area contributed by atoms with Gasteiger partial charge in [0.25, 0.3) is 0 Å². The zero-order chi connectivity index (χ0) is 13.8. The molecule has 0 bridgehead atoms. The number of nitrogens with one attached hydrogen (secondary N) is 1. The zero-order valence-electron chi connectivity index (χ0n) is 11.8. The van der Waals surface area contributed by atoms with Crippen molar-refractivity contribution >= 4 is 5.97 Å². The summed E-state index contributed by atoms with van der Waals surface area (Å²) in [5, 5.41) is 3.32. The average Bonchev–Trinajstić information content (AvgIpc) is 2.43. The van der Waals surface area contributed by atoms with Crippen LogP contribution in [0, 0.1) is 13.8 Å². The first-order valence-electron chi connectivity index (χ1n) is 6.74. The molecule has 104 valence electrons. The highest BCUT2D eigenvalue weighted by Gasteiger charge is 2.21. The second kappa shape index (κ2) is 6.17. The molecule has 1 aromatic rings. The molecular formula is C15H21NO3. The molecule has 0 spiro atoms. The first kappa shape index (κ1) is 14.0. The highest BCUT2D eigenvalue weighted by atomic mass is 16.5. The van der Waals surface area contributed by atoms with E-state index in [2.05, 4.69) is 5.32 Å². The van der Waals surface area contributed by atoms with Crippen molar-refractivity contribution in [2.75, 3.05) is 26.3 Å². The molecule has 4 nitrogen and oxygen atoms in total. The average molecular weight is 263 g/mol. The second-order valence-corrected chi connectivity index (χ2v) is 4.74. The van der Waals surface area contributed by atoms with Gasteiger partial charge in [-0.25, -0.2) is 4.79 Å². The Bertz CT molecular complexity index is 465. The molecule has 1 fully saturated rings. The lowest BCUT2D eigenvalue weighted by Crippen LogP contribution is -2.33. The van der Waals surface area contributed by atoms with Crippen LogP contribution in [0.3, 0.4) is 0 Å². The number of esters is 1. The number of carbonyl (C=O) groups excluding carboxylic acids is 1. The van der Waals surface area contributed by atoms with E-state index in [-0.39, 0.29) is 12.1 Å². The van der Waals surface area contributed by atoms with Crippen LogP contribution in [0.1, 0.15) is 40.1 Å². The standard InChI is InChI=1S/C15H21NO3/c1-4-18-15(17)13-6-5-12(10(2)11(13)3)14-9-16-7-8-19-14/h5-6,14,16H,4,7-9H2,1-3H3. The summed E-state index contributed by atoms with van der Waals surface area (Å²) in [5.41, 5.74) is 3.88. The topological polar surface area (TPSA) is 47.6 Å². The van der Waals surface area contributed by atoms with Crippen molar-refractivity contribution in [3.8, 4) is 0 Å². The molecule has 0 amide bonds. The van der Waals surface area contributed by atoms with Gasteiger partial charge in [-0.15, -0.1) is 0 Å². The van der Waals surface area contributed by atoms with Crippen molar-refractivity contribution in [2.24, 2.45) is 0 Å². The van der Waals surface area contributed by atoms with E-state index in [4.69, 9.17) is 9.47 Å². The second-order valence-electron chi connectivity index (χ2n) is 4.74. The smallest absolute Gasteiger partial charge is 0.338 e. The van der Waals surface area contributed by atoms with Crippen molar-refractivity contribution in [1.82, 2.24) is 5.32 Å². The third kappa shape index (κ3) is 2.96. The van der Waals surface area contributed by atoms with Gasteiger partial charge in [-0.1, -0.05) is 6.07 Å². The van der Waals surface area contributed by atoms with E-state index in [1.165, 1.54) is 0 Å². The lowest BCUT2D eigenvalue weighted by Gasteiger charge is -2.26. The van der Waals surface area contributed by atoms with Gasteiger partial charge in [-0.05, 0) is 43.5 Å². The van der Waals surface area contributed by atoms with Gasteiger partial charge in [0.2, 0.25) is 0 Å². The van der Waals surface area contributed by atoms with Crippen molar-refractivity contribution in [3.63, 3.8) is 0 Å². The number of hydrogen-bond acceptors (Lipinski definition) is 4. The monoisotopic (exact) mass is 263 g/mol. The molecule has 4 heteroatoms. The minimum atomic E-state index is -0.252. The molecule has 1 unspecified atom stereocenters. The maximum absolute atomic E-state index is 11.8. The molecule has 0 saturated carbocycles. The van der Waals surface area contributed by atoms with Crippen molar-refractivity contribution in [2.45, 2.75) is 26.9 Å². The van der Waals surface area contributed by atoms with Gasteiger partial charge in [0.1, 0.15) is 0 Å². The first-order valence-corrected chi connectivity index (χ1v) is 6.74. The molecule has 1 saturated heterocycles. The SMILES string of the molecule is CCOC(=O)c1ccc(C2CNCCO2)c(C)c1C. The molecule has 0 radical (unpaired) electrons. The van der Waals surface area contributed by atoms with E-state index >= 15 is 0 Å². The highest BCUT2D eigenvalue weighted by Crippen LogP contribution is 2.26. The molecule has 1 aliphatic rings. The lowest BCUT2D eigenvalue weighted by molar-refractivity contribution is 0.0272. The molecule has 1 atom stereocenters. The van der Waals surface area contributed by atoms with Crippen LogP contribution in [-0.4, -0.2) is 32.3 Å². The van der Waals surface area contributed by atoms with Crippen LogP contribution in [0.4, 0.5) is 0 Å². The van der Waals surface area contributed by atoms with E-state index < -0.39 is 0 Å². The van der Waals surface area contributed by atoms with Gasteiger partial charge < -0.3 is 14.8 Å². The Morgan fingerprint density at radius 2 is 2.21 bits per heavy atom. The fraction of sp³-hybridized carbons (Fsp3) is 0.533. The minimum Gasteiger partial charge on any atom is -0.462 e. The third-order valence-electron chi connectivity index (χ3n) is 3.60. The fourth-order valence-corrected chi connectivity index (χ4v) is 2.39. The number of ether oxygens (including phenoxy) is 2. The molecule has 1 aromatic carbocycles. The Kier molecular flexibility index (Phi) is 4.56. The van der Waals surface area contributed by atoms with Crippen molar-refractivity contribution < 1.29 is 14.3 Å².